The molecule has 0 saturated heterocycles. The molecule has 8 heteroatoms. The summed E-state index contributed by atoms with van der Waals surface area (Å²) in [5, 5.41) is 8.58. The van der Waals surface area contributed by atoms with Crippen LogP contribution < -0.4 is 0 Å². The Balaban J connectivity index is 1.90. The fourth-order valence-corrected chi connectivity index (χ4v) is 5.75. The molecule has 0 aliphatic carbocycles. The summed E-state index contributed by atoms with van der Waals surface area (Å²) in [5.41, 5.74) is 0.353. The third kappa shape index (κ3) is 5.02. The van der Waals surface area contributed by atoms with Gasteiger partial charge >= 0.3 is 0 Å². The molecule has 0 saturated carbocycles. The molecule has 0 fully saturated rings. The van der Waals surface area contributed by atoms with Crippen molar-refractivity contribution in [2.45, 2.75) is 49.9 Å². The Bertz CT molecular complexity index is 1020. The summed E-state index contributed by atoms with van der Waals surface area (Å²) in [6, 6.07) is 13.8. The van der Waals surface area contributed by atoms with E-state index in [-0.39, 0.29) is 36.8 Å². The van der Waals surface area contributed by atoms with E-state index >= 15 is 0 Å². The van der Waals surface area contributed by atoms with E-state index in [0.717, 1.165) is 5.56 Å². The van der Waals surface area contributed by atoms with Gasteiger partial charge in [0.25, 0.3) is 10.0 Å². The van der Waals surface area contributed by atoms with Crippen LogP contribution in [-0.4, -0.2) is 36.9 Å². The van der Waals surface area contributed by atoms with E-state index in [0.29, 0.717) is 5.56 Å². The van der Waals surface area contributed by atoms with Gasteiger partial charge in [-0.15, -0.1) is 4.40 Å². The van der Waals surface area contributed by atoms with Crippen LogP contribution >= 0.6 is 11.6 Å². The number of ether oxygens (including phenoxy) is 1. The monoisotopic (exact) mass is 453 g/mol. The van der Waals surface area contributed by atoms with Gasteiger partial charge in [0.15, 0.2) is 0 Å². The van der Waals surface area contributed by atoms with Gasteiger partial charge in [0.2, 0.25) is 5.90 Å². The van der Waals surface area contributed by atoms with Crippen molar-refractivity contribution in [1.29, 1.82) is 0 Å². The smallest absolute Gasteiger partial charge is 0.263 e. The zero-order valence-corrected chi connectivity index (χ0v) is 18.5. The van der Waals surface area contributed by atoms with Gasteiger partial charge in [0.05, 0.1) is 5.02 Å². The summed E-state index contributed by atoms with van der Waals surface area (Å²) in [6.45, 7) is 3.28. The van der Waals surface area contributed by atoms with Gasteiger partial charge < -0.3 is 9.84 Å². The van der Waals surface area contributed by atoms with E-state index in [1.807, 2.05) is 30.3 Å². The molecule has 30 heavy (non-hydrogen) atoms. The van der Waals surface area contributed by atoms with Crippen molar-refractivity contribution < 1.29 is 22.7 Å². The number of nitrogens with zero attached hydrogens (tertiary/aromatic N) is 1. The Kier molecular flexibility index (Phi) is 6.84. The van der Waals surface area contributed by atoms with Crippen LogP contribution in [0.25, 0.3) is 0 Å². The highest BCUT2D eigenvalue weighted by atomic mass is 35.5. The number of rotatable bonds is 7. The van der Waals surface area contributed by atoms with Gasteiger partial charge in [-0.3, -0.25) is 0 Å². The Hall–Kier alpha value is -1.96. The van der Waals surface area contributed by atoms with Crippen molar-refractivity contribution in [2.24, 2.45) is 4.40 Å². The molecule has 2 aromatic rings. The van der Waals surface area contributed by atoms with Crippen molar-refractivity contribution in [3.05, 3.63) is 70.5 Å². The number of halogens is 2. The van der Waals surface area contributed by atoms with Crippen molar-refractivity contribution in [3.8, 4) is 0 Å². The summed E-state index contributed by atoms with van der Waals surface area (Å²) in [4.78, 5) is 0. The second kappa shape index (κ2) is 9.04. The summed E-state index contributed by atoms with van der Waals surface area (Å²) in [5.74, 6) is -0.962. The number of hydrogen-bond donors (Lipinski definition) is 1. The molecule has 1 aliphatic rings. The quantitative estimate of drug-likeness (QED) is 0.670. The lowest BCUT2D eigenvalue weighted by molar-refractivity contribution is 0.0798. The lowest BCUT2D eigenvalue weighted by Crippen LogP contribution is -2.50. The Morgan fingerprint density at radius 1 is 1.20 bits per heavy atom. The standard InChI is InChI=1S/C22H25ClFNO4S/c1-22(2)19(13-15-7-4-3-5-8-15)30(27,28)25-20(29-22)14-16(11-12-26)17-9-6-10-18(24)21(17)23/h3-10,16,19,26H,11-14H2,1-2H3/t16-,19?/m1/s1. The summed E-state index contributed by atoms with van der Waals surface area (Å²) in [7, 11) is -3.85. The first kappa shape index (κ1) is 22.7. The van der Waals surface area contributed by atoms with Crippen LogP contribution in [0.3, 0.4) is 0 Å². The topological polar surface area (TPSA) is 76.0 Å². The van der Waals surface area contributed by atoms with Gasteiger partial charge in [0, 0.05) is 13.0 Å². The third-order valence-corrected chi connectivity index (χ3v) is 7.64. The van der Waals surface area contributed by atoms with E-state index in [4.69, 9.17) is 16.3 Å². The second-order valence-electron chi connectivity index (χ2n) is 7.94. The molecule has 0 aromatic heterocycles. The van der Waals surface area contributed by atoms with Crippen LogP contribution in [0.15, 0.2) is 52.9 Å². The van der Waals surface area contributed by atoms with Crippen LogP contribution in [0.1, 0.15) is 43.7 Å². The molecule has 1 aliphatic heterocycles. The van der Waals surface area contributed by atoms with E-state index in [1.165, 1.54) is 12.1 Å². The molecular formula is C22H25ClFNO4S. The molecule has 0 radical (unpaired) electrons. The first-order valence-electron chi connectivity index (χ1n) is 9.74. The predicted octanol–water partition coefficient (Wildman–Crippen LogP) is 4.48. The molecule has 0 bridgehead atoms. The highest BCUT2D eigenvalue weighted by Crippen LogP contribution is 2.36. The van der Waals surface area contributed by atoms with E-state index in [2.05, 4.69) is 4.40 Å². The maximum Gasteiger partial charge on any atom is 0.263 e. The minimum absolute atomic E-state index is 0.0445. The molecule has 2 aromatic carbocycles. The van der Waals surface area contributed by atoms with E-state index in [9.17, 15) is 17.9 Å². The first-order valence-corrected chi connectivity index (χ1v) is 11.6. The molecule has 1 unspecified atom stereocenters. The Labute approximate surface area is 181 Å². The number of hydrogen-bond acceptors (Lipinski definition) is 4. The maximum absolute atomic E-state index is 13.9. The third-order valence-electron chi connectivity index (χ3n) is 5.33. The molecular weight excluding hydrogens is 429 g/mol. The highest BCUT2D eigenvalue weighted by Gasteiger charge is 2.46. The predicted molar refractivity (Wildman–Crippen MR) is 116 cm³/mol. The summed E-state index contributed by atoms with van der Waals surface area (Å²) >= 11 is 6.11. The first-order chi connectivity index (χ1) is 14.1. The minimum atomic E-state index is -3.85. The van der Waals surface area contributed by atoms with Crippen LogP contribution in [0, 0.1) is 5.82 Å². The zero-order chi connectivity index (χ0) is 21.9. The Morgan fingerprint density at radius 3 is 2.53 bits per heavy atom. The molecule has 3 rings (SSSR count). The highest BCUT2D eigenvalue weighted by molar-refractivity contribution is 7.91. The number of aliphatic hydroxyl groups is 1. The maximum atomic E-state index is 13.9. The van der Waals surface area contributed by atoms with Crippen molar-refractivity contribution in [3.63, 3.8) is 0 Å². The van der Waals surface area contributed by atoms with Gasteiger partial charge in [-0.1, -0.05) is 54.1 Å². The molecule has 0 spiro atoms. The van der Waals surface area contributed by atoms with E-state index in [1.54, 1.807) is 19.9 Å². The largest absolute Gasteiger partial charge is 0.473 e. The van der Waals surface area contributed by atoms with Crippen molar-refractivity contribution in [1.82, 2.24) is 0 Å². The molecule has 2 atom stereocenters. The molecule has 0 amide bonds. The van der Waals surface area contributed by atoms with Crippen LogP contribution in [-0.2, 0) is 21.2 Å². The Morgan fingerprint density at radius 2 is 1.90 bits per heavy atom. The molecule has 1 N–H and O–H groups in total. The SMILES string of the molecule is CC1(C)OC(C[C@@H](CCO)c2cccc(F)c2Cl)=NS(=O)(=O)C1Cc1ccccc1. The molecule has 1 heterocycles. The van der Waals surface area contributed by atoms with Crippen molar-refractivity contribution in [2.75, 3.05) is 6.61 Å². The lowest BCUT2D eigenvalue weighted by atomic mass is 9.92. The molecule has 162 valence electrons. The van der Waals surface area contributed by atoms with E-state index < -0.39 is 32.6 Å². The minimum Gasteiger partial charge on any atom is -0.473 e. The fraction of sp³-hybridized carbons (Fsp3) is 0.409. The zero-order valence-electron chi connectivity index (χ0n) is 16.9. The average Bonchev–Trinajstić information content (AvgIpc) is 2.67. The lowest BCUT2D eigenvalue weighted by Gasteiger charge is -2.38. The molecule has 5 nitrogen and oxygen atoms in total. The number of benzene rings is 2. The number of aliphatic hydroxyl groups excluding tert-OH is 1. The van der Waals surface area contributed by atoms with Crippen molar-refractivity contribution >= 4 is 27.5 Å². The van der Waals surface area contributed by atoms with Crippen LogP contribution in [0.2, 0.25) is 5.02 Å². The van der Waals surface area contributed by atoms with Gasteiger partial charge in [-0.2, -0.15) is 0 Å². The van der Waals surface area contributed by atoms with Gasteiger partial charge in [-0.25, -0.2) is 12.8 Å². The second-order valence-corrected chi connectivity index (χ2v) is 10.1. The van der Waals surface area contributed by atoms with Gasteiger partial charge in [-0.05, 0) is 49.8 Å². The van der Waals surface area contributed by atoms with Gasteiger partial charge in [0.1, 0.15) is 16.7 Å². The fourth-order valence-electron chi connectivity index (χ4n) is 3.78. The van der Waals surface area contributed by atoms with Crippen LogP contribution in [0.4, 0.5) is 4.39 Å². The number of sulfonamides is 1. The normalized spacial score (nSPS) is 20.8. The average molecular weight is 454 g/mol. The van der Waals surface area contributed by atoms with Crippen LogP contribution in [0.5, 0.6) is 0 Å². The summed E-state index contributed by atoms with van der Waals surface area (Å²) in [6.07, 6.45) is 0.632. The summed E-state index contributed by atoms with van der Waals surface area (Å²) < 4.78 is 49.9.